The number of benzene rings is 3. The molecule has 34 heavy (non-hydrogen) atoms. The third kappa shape index (κ3) is 6.98. The predicted molar refractivity (Wildman–Crippen MR) is 129 cm³/mol. The summed E-state index contributed by atoms with van der Waals surface area (Å²) in [6, 6.07) is 20.5. The minimum atomic E-state index is -0.819. The molecule has 0 saturated heterocycles. The summed E-state index contributed by atoms with van der Waals surface area (Å²) in [5.74, 6) is -1.51. The topological polar surface area (TPSA) is 49.4 Å². The third-order valence-corrected chi connectivity index (χ3v) is 5.84. The highest BCUT2D eigenvalue weighted by Gasteiger charge is 2.31. The van der Waals surface area contributed by atoms with Gasteiger partial charge in [0.2, 0.25) is 11.8 Å². The molecule has 3 aromatic rings. The number of rotatable bonds is 10. The maximum absolute atomic E-state index is 14.3. The molecule has 3 rings (SSSR count). The Hall–Kier alpha value is -3.54. The average Bonchev–Trinajstić information content (AvgIpc) is 2.84. The molecule has 1 N–H and O–H groups in total. The van der Waals surface area contributed by atoms with E-state index in [9.17, 15) is 18.4 Å². The molecule has 4 nitrogen and oxygen atoms in total. The number of nitrogens with zero attached hydrogens (tertiary/aromatic N) is 1. The third-order valence-electron chi connectivity index (χ3n) is 5.84. The SMILES string of the molecule is CC[C@H](C)NC(=O)[C@H](Cc1ccccc1)N(Cc1ccc(F)cc1)C(=O)Cc1ccccc1F. The minimum Gasteiger partial charge on any atom is -0.352 e. The molecule has 0 unspecified atom stereocenters. The smallest absolute Gasteiger partial charge is 0.243 e. The molecule has 3 aromatic carbocycles. The van der Waals surface area contributed by atoms with E-state index in [1.807, 2.05) is 44.2 Å². The van der Waals surface area contributed by atoms with Crippen LogP contribution >= 0.6 is 0 Å². The van der Waals surface area contributed by atoms with Gasteiger partial charge in [-0.25, -0.2) is 8.78 Å². The second kappa shape index (κ2) is 12.1. The van der Waals surface area contributed by atoms with Crippen molar-refractivity contribution in [1.29, 1.82) is 0 Å². The van der Waals surface area contributed by atoms with Crippen LogP contribution in [0, 0.1) is 11.6 Å². The molecule has 0 aliphatic heterocycles. The van der Waals surface area contributed by atoms with Crippen molar-refractivity contribution in [1.82, 2.24) is 10.2 Å². The average molecular weight is 465 g/mol. The molecule has 2 amide bonds. The zero-order valence-corrected chi connectivity index (χ0v) is 19.5. The van der Waals surface area contributed by atoms with Crippen LogP contribution in [0.4, 0.5) is 8.78 Å². The van der Waals surface area contributed by atoms with Crippen molar-refractivity contribution in [3.8, 4) is 0 Å². The molecule has 6 heteroatoms. The monoisotopic (exact) mass is 464 g/mol. The molecule has 0 heterocycles. The minimum absolute atomic E-state index is 0.0693. The van der Waals surface area contributed by atoms with Crippen LogP contribution in [0.5, 0.6) is 0 Å². The summed E-state index contributed by atoms with van der Waals surface area (Å²) in [5.41, 5.74) is 1.84. The van der Waals surface area contributed by atoms with E-state index >= 15 is 0 Å². The van der Waals surface area contributed by atoms with Gasteiger partial charge in [-0.3, -0.25) is 9.59 Å². The lowest BCUT2D eigenvalue weighted by molar-refractivity contribution is -0.141. The standard InChI is InChI=1S/C28H30F2N2O2/c1-3-20(2)31-28(34)26(17-21-9-5-4-6-10-21)32(19-22-13-15-24(29)16-14-22)27(33)18-23-11-7-8-12-25(23)30/h4-16,20,26H,3,17-19H2,1-2H3,(H,31,34)/t20-,26-/m0/s1. The van der Waals surface area contributed by atoms with Crippen molar-refractivity contribution in [3.05, 3.63) is 107 Å². The molecule has 0 bridgehead atoms. The number of carbonyl (C=O) groups excluding carboxylic acids is 2. The molecule has 0 aliphatic carbocycles. The zero-order valence-electron chi connectivity index (χ0n) is 19.5. The van der Waals surface area contributed by atoms with Crippen LogP contribution in [0.15, 0.2) is 78.9 Å². The van der Waals surface area contributed by atoms with Crippen molar-refractivity contribution >= 4 is 11.8 Å². The van der Waals surface area contributed by atoms with Gasteiger partial charge in [-0.05, 0) is 48.2 Å². The Balaban J connectivity index is 1.97. The van der Waals surface area contributed by atoms with Crippen molar-refractivity contribution in [2.75, 3.05) is 0 Å². The predicted octanol–water partition coefficient (Wildman–Crippen LogP) is 5.06. The summed E-state index contributed by atoms with van der Waals surface area (Å²) in [5, 5.41) is 2.99. The lowest BCUT2D eigenvalue weighted by Crippen LogP contribution is -2.52. The summed E-state index contributed by atoms with van der Waals surface area (Å²) in [6.07, 6.45) is 0.855. The van der Waals surface area contributed by atoms with Gasteiger partial charge in [0.05, 0.1) is 6.42 Å². The lowest BCUT2D eigenvalue weighted by Gasteiger charge is -2.32. The van der Waals surface area contributed by atoms with E-state index in [0.717, 1.165) is 12.0 Å². The fourth-order valence-corrected chi connectivity index (χ4v) is 3.69. The van der Waals surface area contributed by atoms with Gasteiger partial charge >= 0.3 is 0 Å². The van der Waals surface area contributed by atoms with Gasteiger partial charge in [0.15, 0.2) is 0 Å². The highest BCUT2D eigenvalue weighted by atomic mass is 19.1. The van der Waals surface area contributed by atoms with Crippen LogP contribution in [-0.4, -0.2) is 28.8 Å². The Morgan fingerprint density at radius 2 is 1.53 bits per heavy atom. The Morgan fingerprint density at radius 1 is 0.882 bits per heavy atom. The van der Waals surface area contributed by atoms with Crippen LogP contribution < -0.4 is 5.32 Å². The molecule has 2 atom stereocenters. The molecular weight excluding hydrogens is 434 g/mol. The molecule has 0 aromatic heterocycles. The van der Waals surface area contributed by atoms with Crippen molar-refractivity contribution < 1.29 is 18.4 Å². The normalized spacial score (nSPS) is 12.6. The molecule has 0 spiro atoms. The van der Waals surface area contributed by atoms with Gasteiger partial charge in [0, 0.05) is 19.0 Å². The summed E-state index contributed by atoms with van der Waals surface area (Å²) < 4.78 is 27.8. The van der Waals surface area contributed by atoms with E-state index in [1.54, 1.807) is 30.3 Å². The number of hydrogen-bond acceptors (Lipinski definition) is 2. The summed E-state index contributed by atoms with van der Waals surface area (Å²) in [7, 11) is 0. The van der Waals surface area contributed by atoms with E-state index < -0.39 is 11.9 Å². The number of hydrogen-bond donors (Lipinski definition) is 1. The Morgan fingerprint density at radius 3 is 2.18 bits per heavy atom. The van der Waals surface area contributed by atoms with E-state index in [0.29, 0.717) is 12.0 Å². The first-order chi connectivity index (χ1) is 16.4. The van der Waals surface area contributed by atoms with Crippen LogP contribution in [0.3, 0.4) is 0 Å². The molecule has 0 radical (unpaired) electrons. The fraction of sp³-hybridized carbons (Fsp3) is 0.286. The first kappa shape index (κ1) is 25.1. The van der Waals surface area contributed by atoms with Gasteiger partial charge in [0.1, 0.15) is 17.7 Å². The van der Waals surface area contributed by atoms with Gasteiger partial charge in [-0.15, -0.1) is 0 Å². The molecule has 0 fully saturated rings. The Kier molecular flexibility index (Phi) is 8.91. The zero-order chi connectivity index (χ0) is 24.5. The number of carbonyl (C=O) groups is 2. The fourth-order valence-electron chi connectivity index (χ4n) is 3.69. The Bertz CT molecular complexity index is 1090. The maximum Gasteiger partial charge on any atom is 0.243 e. The van der Waals surface area contributed by atoms with E-state index in [-0.39, 0.29) is 42.2 Å². The number of amides is 2. The highest BCUT2D eigenvalue weighted by Crippen LogP contribution is 2.18. The largest absolute Gasteiger partial charge is 0.352 e. The second-order valence-electron chi connectivity index (χ2n) is 8.44. The second-order valence-corrected chi connectivity index (χ2v) is 8.44. The Labute approximate surface area is 199 Å². The molecule has 178 valence electrons. The lowest BCUT2D eigenvalue weighted by atomic mass is 10.0. The van der Waals surface area contributed by atoms with E-state index in [4.69, 9.17) is 0 Å². The molecular formula is C28H30F2N2O2. The van der Waals surface area contributed by atoms with Crippen LogP contribution in [-0.2, 0) is 29.0 Å². The quantitative estimate of drug-likeness (QED) is 0.456. The number of nitrogens with one attached hydrogen (secondary N) is 1. The first-order valence-corrected chi connectivity index (χ1v) is 11.5. The van der Waals surface area contributed by atoms with Crippen molar-refractivity contribution in [2.45, 2.75) is 51.7 Å². The van der Waals surface area contributed by atoms with Crippen LogP contribution in [0.1, 0.15) is 37.0 Å². The van der Waals surface area contributed by atoms with Crippen LogP contribution in [0.2, 0.25) is 0 Å². The van der Waals surface area contributed by atoms with Gasteiger partial charge in [-0.1, -0.05) is 67.6 Å². The van der Waals surface area contributed by atoms with Gasteiger partial charge in [0.25, 0.3) is 0 Å². The highest BCUT2D eigenvalue weighted by molar-refractivity contribution is 5.89. The van der Waals surface area contributed by atoms with Gasteiger partial charge in [-0.2, -0.15) is 0 Å². The van der Waals surface area contributed by atoms with Gasteiger partial charge < -0.3 is 10.2 Å². The number of halogens is 2. The van der Waals surface area contributed by atoms with E-state index in [1.165, 1.54) is 23.1 Å². The summed E-state index contributed by atoms with van der Waals surface area (Å²) in [4.78, 5) is 28.4. The van der Waals surface area contributed by atoms with Crippen molar-refractivity contribution in [2.24, 2.45) is 0 Å². The van der Waals surface area contributed by atoms with E-state index in [2.05, 4.69) is 5.32 Å². The summed E-state index contributed by atoms with van der Waals surface area (Å²) >= 11 is 0. The first-order valence-electron chi connectivity index (χ1n) is 11.5. The molecule has 0 aliphatic rings. The summed E-state index contributed by atoms with van der Waals surface area (Å²) in [6.45, 7) is 3.97. The van der Waals surface area contributed by atoms with Crippen molar-refractivity contribution in [3.63, 3.8) is 0 Å². The molecule has 0 saturated carbocycles. The van der Waals surface area contributed by atoms with Crippen LogP contribution in [0.25, 0.3) is 0 Å². The maximum atomic E-state index is 14.3.